The molecule has 6 nitrogen and oxygen atoms in total. The first-order valence-electron chi connectivity index (χ1n) is 2.27. The summed E-state index contributed by atoms with van der Waals surface area (Å²) in [6, 6.07) is 0. The van der Waals surface area contributed by atoms with Crippen LogP contribution in [0.5, 0.6) is 0 Å². The Morgan fingerprint density at radius 2 is 2.30 bits per heavy atom. The summed E-state index contributed by atoms with van der Waals surface area (Å²) in [4.78, 5) is 19.8. The number of carbonyl (C=O) groups is 1. The molecular weight excluding hydrogens is 159 g/mol. The van der Waals surface area contributed by atoms with Gasteiger partial charge in [-0.3, -0.25) is 0 Å². The largest absolute Gasteiger partial charge is 0.558 e. The zero-order valence-electron chi connectivity index (χ0n) is 5.79. The van der Waals surface area contributed by atoms with Gasteiger partial charge in [-0.2, -0.15) is 4.52 Å². The molecule has 0 aromatic heterocycles. The standard InChI is InChI=1S/C3H6NO4P.H3N/c1-2-4-3(5)8-9(6)7;/h2H2,1H3,(H,4,5);1H3/p+1. The maximum Gasteiger partial charge on any atom is 0.544 e. The Morgan fingerprint density at radius 3 is 2.60 bits per heavy atom. The number of rotatable bonds is 2. The van der Waals surface area contributed by atoms with Gasteiger partial charge >= 0.3 is 14.3 Å². The molecule has 7 heteroatoms. The van der Waals surface area contributed by atoms with Gasteiger partial charge < -0.3 is 16.4 Å². The van der Waals surface area contributed by atoms with Crippen molar-refractivity contribution < 1.29 is 18.8 Å². The maximum atomic E-state index is 10.1. The van der Waals surface area contributed by atoms with E-state index in [1.54, 1.807) is 6.92 Å². The molecular formula is C3H10N2O4P+. The Hall–Kier alpha value is -0.710. The van der Waals surface area contributed by atoms with Gasteiger partial charge in [-0.05, 0) is 11.5 Å². The van der Waals surface area contributed by atoms with Crippen molar-refractivity contribution in [3.8, 4) is 0 Å². The highest BCUT2D eigenvalue weighted by Gasteiger charge is 2.09. The van der Waals surface area contributed by atoms with Crippen molar-refractivity contribution in [2.75, 3.05) is 6.54 Å². The van der Waals surface area contributed by atoms with Gasteiger partial charge in [0.05, 0.1) is 0 Å². The molecule has 0 spiro atoms. The number of nitrogens with one attached hydrogen (secondary N) is 1. The molecule has 1 atom stereocenters. The van der Waals surface area contributed by atoms with Gasteiger partial charge in [0.25, 0.3) is 0 Å². The predicted molar refractivity (Wildman–Crippen MR) is 33.7 cm³/mol. The fraction of sp³-hybridized carbons (Fsp3) is 0.667. The lowest BCUT2D eigenvalue weighted by atomic mass is 10.8. The number of hydrogen-bond acceptors (Lipinski definition) is 4. The van der Waals surface area contributed by atoms with Crippen LogP contribution in [0, 0.1) is 0 Å². The molecule has 0 saturated heterocycles. The summed E-state index contributed by atoms with van der Waals surface area (Å²) in [7, 11) is -3.06. The van der Waals surface area contributed by atoms with Gasteiger partial charge in [-0.25, -0.2) is 4.79 Å². The van der Waals surface area contributed by atoms with Gasteiger partial charge in [-0.1, -0.05) is 0 Å². The van der Waals surface area contributed by atoms with E-state index in [2.05, 4.69) is 9.84 Å². The number of quaternary nitrogens is 1. The number of carbonyl (C=O) groups excluding carboxylic acids is 1. The van der Waals surface area contributed by atoms with Crippen molar-refractivity contribution in [2.24, 2.45) is 0 Å². The van der Waals surface area contributed by atoms with Crippen LogP contribution < -0.4 is 16.4 Å². The highest BCUT2D eigenvalue weighted by molar-refractivity contribution is 7.31. The Balaban J connectivity index is 0. The van der Waals surface area contributed by atoms with Crippen LogP contribution in [0.1, 0.15) is 6.92 Å². The number of hydrogen-bond donors (Lipinski definition) is 2. The lowest BCUT2D eigenvalue weighted by Gasteiger charge is -1.92. The third-order valence-electron chi connectivity index (χ3n) is 0.479. The van der Waals surface area contributed by atoms with Crippen LogP contribution in [0.15, 0.2) is 0 Å². The topological polar surface area (TPSA) is 115 Å². The smallest absolute Gasteiger partial charge is 0.544 e. The molecule has 0 rings (SSSR count). The molecule has 5 N–H and O–H groups in total. The van der Waals surface area contributed by atoms with Crippen molar-refractivity contribution in [3.63, 3.8) is 0 Å². The first kappa shape index (κ1) is 12.0. The Bertz CT molecular complexity index is 128. The molecule has 0 fully saturated rings. The molecule has 0 aliphatic heterocycles. The van der Waals surface area contributed by atoms with E-state index in [4.69, 9.17) is 0 Å². The molecule has 0 aromatic carbocycles. The van der Waals surface area contributed by atoms with Crippen LogP contribution in [0.25, 0.3) is 0 Å². The van der Waals surface area contributed by atoms with Gasteiger partial charge in [0.1, 0.15) is 0 Å². The van der Waals surface area contributed by atoms with Crippen molar-refractivity contribution >= 4 is 14.3 Å². The molecule has 0 aromatic rings. The van der Waals surface area contributed by atoms with E-state index in [0.717, 1.165) is 0 Å². The van der Waals surface area contributed by atoms with Crippen LogP contribution >= 0.6 is 8.25 Å². The SMILES string of the molecule is CCNC(=O)O[P+](=O)[O-].[NH4+]. The monoisotopic (exact) mass is 169 g/mol. The summed E-state index contributed by atoms with van der Waals surface area (Å²) < 4.78 is 13.3. The number of amides is 1. The van der Waals surface area contributed by atoms with E-state index in [9.17, 15) is 14.3 Å². The normalized spacial score (nSPS) is 9.20. The average molecular weight is 169 g/mol. The van der Waals surface area contributed by atoms with Gasteiger partial charge in [0, 0.05) is 6.54 Å². The Labute approximate surface area is 59.1 Å². The van der Waals surface area contributed by atoms with Crippen molar-refractivity contribution in [1.29, 1.82) is 0 Å². The second kappa shape index (κ2) is 6.41. The van der Waals surface area contributed by atoms with E-state index in [0.29, 0.717) is 6.54 Å². The summed E-state index contributed by atoms with van der Waals surface area (Å²) >= 11 is 0. The lowest BCUT2D eigenvalue weighted by Crippen LogP contribution is -2.22. The summed E-state index contributed by atoms with van der Waals surface area (Å²) in [6.07, 6.45) is -0.936. The van der Waals surface area contributed by atoms with Crippen molar-refractivity contribution in [3.05, 3.63) is 0 Å². The van der Waals surface area contributed by atoms with Gasteiger partial charge in [0.15, 0.2) is 0 Å². The van der Waals surface area contributed by atoms with E-state index >= 15 is 0 Å². The summed E-state index contributed by atoms with van der Waals surface area (Å²) in [5.41, 5.74) is 0. The molecule has 10 heavy (non-hydrogen) atoms. The summed E-state index contributed by atoms with van der Waals surface area (Å²) in [5, 5.41) is 2.13. The van der Waals surface area contributed by atoms with Crippen molar-refractivity contribution in [1.82, 2.24) is 11.5 Å². The van der Waals surface area contributed by atoms with Gasteiger partial charge in [0.2, 0.25) is 0 Å². The molecule has 60 valence electrons. The molecule has 0 radical (unpaired) electrons. The minimum absolute atomic E-state index is 0. The first-order chi connectivity index (χ1) is 4.16. The lowest BCUT2D eigenvalue weighted by molar-refractivity contribution is -0.180. The van der Waals surface area contributed by atoms with Crippen LogP contribution in [0.2, 0.25) is 0 Å². The Kier molecular flexibility index (Phi) is 7.70. The highest BCUT2D eigenvalue weighted by atomic mass is 31.1. The van der Waals surface area contributed by atoms with Crippen LogP contribution in [0.4, 0.5) is 4.79 Å². The van der Waals surface area contributed by atoms with Crippen LogP contribution in [0.3, 0.4) is 0 Å². The molecule has 0 saturated carbocycles. The third-order valence-corrected chi connectivity index (χ3v) is 0.793. The summed E-state index contributed by atoms with van der Waals surface area (Å²) in [6.45, 7) is 2.00. The third kappa shape index (κ3) is 7.29. The quantitative estimate of drug-likeness (QED) is 0.571. The summed E-state index contributed by atoms with van der Waals surface area (Å²) in [5.74, 6) is 0. The molecule has 1 unspecified atom stereocenters. The van der Waals surface area contributed by atoms with E-state index < -0.39 is 14.3 Å². The van der Waals surface area contributed by atoms with Crippen molar-refractivity contribution in [2.45, 2.75) is 6.92 Å². The molecule has 1 amide bonds. The first-order valence-corrected chi connectivity index (χ1v) is 3.36. The van der Waals surface area contributed by atoms with E-state index in [-0.39, 0.29) is 6.15 Å². The molecule has 0 aliphatic rings. The van der Waals surface area contributed by atoms with E-state index in [1.165, 1.54) is 0 Å². The molecule has 0 bridgehead atoms. The predicted octanol–water partition coefficient (Wildman–Crippen LogP) is 0.126. The Morgan fingerprint density at radius 1 is 1.80 bits per heavy atom. The van der Waals surface area contributed by atoms with Crippen LogP contribution in [-0.4, -0.2) is 12.6 Å². The minimum atomic E-state index is -3.06. The average Bonchev–Trinajstić information content (AvgIpc) is 1.63. The zero-order chi connectivity index (χ0) is 7.28. The van der Waals surface area contributed by atoms with E-state index in [1.807, 2.05) is 0 Å². The van der Waals surface area contributed by atoms with Crippen LogP contribution in [-0.2, 0) is 9.09 Å². The fourth-order valence-electron chi connectivity index (χ4n) is 0.244. The van der Waals surface area contributed by atoms with Gasteiger partial charge in [-0.15, -0.1) is 0 Å². The molecule has 0 heterocycles. The highest BCUT2D eigenvalue weighted by Crippen LogP contribution is 2.07. The fourth-order valence-corrected chi connectivity index (χ4v) is 0.444. The zero-order valence-corrected chi connectivity index (χ0v) is 6.68. The second-order valence-electron chi connectivity index (χ2n) is 1.13. The second-order valence-corrected chi connectivity index (χ2v) is 1.76. The maximum absolute atomic E-state index is 10.1. The molecule has 0 aliphatic carbocycles. The minimum Gasteiger partial charge on any atom is -0.558 e.